The van der Waals surface area contributed by atoms with Gasteiger partial charge >= 0.3 is 18.0 Å². The van der Waals surface area contributed by atoms with E-state index in [2.05, 4.69) is 5.32 Å². The van der Waals surface area contributed by atoms with Crippen LogP contribution in [-0.2, 0) is 27.3 Å². The second-order valence-electron chi connectivity index (χ2n) is 6.91. The van der Waals surface area contributed by atoms with Crippen molar-refractivity contribution in [2.45, 2.75) is 53.1 Å². The molecule has 0 bridgehead atoms. The number of primary amides is 1. The fourth-order valence-corrected chi connectivity index (χ4v) is 3.28. The number of benzene rings is 1. The van der Waals surface area contributed by atoms with Gasteiger partial charge in [0.2, 0.25) is 0 Å². The number of hydrogen-bond donors (Lipinski definition) is 2. The molecule has 8 heteroatoms. The van der Waals surface area contributed by atoms with Crippen LogP contribution in [0.1, 0.15) is 60.2 Å². The number of carbonyl (C=O) groups excluding carboxylic acids is 3. The molecule has 0 atom stereocenters. The predicted octanol–water partition coefficient (Wildman–Crippen LogP) is 3.39. The van der Waals surface area contributed by atoms with Gasteiger partial charge in [-0.3, -0.25) is 4.79 Å². The van der Waals surface area contributed by atoms with Gasteiger partial charge < -0.3 is 25.3 Å². The molecule has 1 aliphatic rings. The number of allylic oxidation sites excluding steroid dienone is 2. The van der Waals surface area contributed by atoms with Crippen molar-refractivity contribution < 1.29 is 28.6 Å². The van der Waals surface area contributed by atoms with E-state index in [-0.39, 0.29) is 12.6 Å². The van der Waals surface area contributed by atoms with E-state index in [0.717, 1.165) is 17.6 Å². The number of nitrogens with two attached hydrogens (primary N) is 1. The minimum Gasteiger partial charge on any atom is -0.496 e. The van der Waals surface area contributed by atoms with Crippen LogP contribution in [0.3, 0.4) is 0 Å². The lowest BCUT2D eigenvalue weighted by atomic mass is 9.93. The number of anilines is 1. The van der Waals surface area contributed by atoms with Gasteiger partial charge in [0.15, 0.2) is 0 Å². The van der Waals surface area contributed by atoms with Gasteiger partial charge in [0, 0.05) is 17.5 Å². The molecule has 158 valence electrons. The van der Waals surface area contributed by atoms with Gasteiger partial charge in [0.05, 0.1) is 25.0 Å². The van der Waals surface area contributed by atoms with Crippen LogP contribution in [0.2, 0.25) is 0 Å². The molecule has 1 aromatic carbocycles. The van der Waals surface area contributed by atoms with Crippen LogP contribution in [0.15, 0.2) is 11.6 Å². The Balaban J connectivity index is 2.32. The minimum atomic E-state index is -0.779. The molecule has 1 heterocycles. The number of cyclic esters (lactones) is 1. The van der Waals surface area contributed by atoms with E-state index in [1.54, 1.807) is 0 Å². The molecule has 0 aromatic heterocycles. The first-order chi connectivity index (χ1) is 13.8. The summed E-state index contributed by atoms with van der Waals surface area (Å²) in [7, 11) is 1.53. The molecule has 0 unspecified atom stereocenters. The lowest BCUT2D eigenvalue weighted by molar-refractivity contribution is -0.143. The standard InChI is InChI=1S/C21H28N2O6/c1-5-10-28-16(24)9-7-12(2)6-8-14-18(23-21(22)26)17-15(11-29-20(17)25)13(3)19(14)27-4/h6H,5,7-11H2,1-4H3,(H3,22,23,26). The van der Waals surface area contributed by atoms with Crippen LogP contribution < -0.4 is 15.8 Å². The Hall–Kier alpha value is -3.03. The molecule has 0 spiro atoms. The van der Waals surface area contributed by atoms with Crippen molar-refractivity contribution in [1.29, 1.82) is 0 Å². The molecular formula is C21H28N2O6. The minimum absolute atomic E-state index is 0.124. The zero-order chi connectivity index (χ0) is 21.6. The highest BCUT2D eigenvalue weighted by atomic mass is 16.5. The van der Waals surface area contributed by atoms with Crippen LogP contribution in [0, 0.1) is 6.92 Å². The molecule has 0 saturated carbocycles. The van der Waals surface area contributed by atoms with Crippen LogP contribution in [0.4, 0.5) is 10.5 Å². The zero-order valence-corrected chi connectivity index (χ0v) is 17.3. The number of amides is 2. The van der Waals surface area contributed by atoms with Gasteiger partial charge in [0.25, 0.3) is 0 Å². The third kappa shape index (κ3) is 5.28. The van der Waals surface area contributed by atoms with Gasteiger partial charge in [-0.2, -0.15) is 0 Å². The highest BCUT2D eigenvalue weighted by Gasteiger charge is 2.32. The maximum Gasteiger partial charge on any atom is 0.341 e. The van der Waals surface area contributed by atoms with Crippen molar-refractivity contribution in [3.05, 3.63) is 33.9 Å². The molecule has 1 aliphatic heterocycles. The molecule has 0 aliphatic carbocycles. The average molecular weight is 404 g/mol. The number of rotatable bonds is 9. The third-order valence-electron chi connectivity index (χ3n) is 4.77. The topological polar surface area (TPSA) is 117 Å². The summed E-state index contributed by atoms with van der Waals surface area (Å²) in [5.74, 6) is -0.170. The van der Waals surface area contributed by atoms with Crippen molar-refractivity contribution in [3.63, 3.8) is 0 Å². The first-order valence-electron chi connectivity index (χ1n) is 9.57. The van der Waals surface area contributed by atoms with Gasteiger partial charge in [-0.25, -0.2) is 9.59 Å². The van der Waals surface area contributed by atoms with E-state index in [4.69, 9.17) is 19.9 Å². The summed E-state index contributed by atoms with van der Waals surface area (Å²) in [6.07, 6.45) is 3.95. The van der Waals surface area contributed by atoms with E-state index < -0.39 is 12.0 Å². The van der Waals surface area contributed by atoms with Crippen LogP contribution in [-0.4, -0.2) is 31.7 Å². The molecule has 2 rings (SSSR count). The molecule has 0 fully saturated rings. The number of urea groups is 1. The summed E-state index contributed by atoms with van der Waals surface area (Å²) < 4.78 is 15.8. The van der Waals surface area contributed by atoms with Gasteiger partial charge in [-0.05, 0) is 38.7 Å². The second kappa shape index (κ2) is 9.95. The lowest BCUT2D eigenvalue weighted by Crippen LogP contribution is -2.22. The monoisotopic (exact) mass is 404 g/mol. The number of ether oxygens (including phenoxy) is 3. The Morgan fingerprint density at radius 1 is 1.31 bits per heavy atom. The Morgan fingerprint density at radius 3 is 2.66 bits per heavy atom. The van der Waals surface area contributed by atoms with Crippen molar-refractivity contribution in [2.75, 3.05) is 19.0 Å². The molecule has 1 aromatic rings. The van der Waals surface area contributed by atoms with Gasteiger partial charge in [0.1, 0.15) is 12.4 Å². The SMILES string of the molecule is CCCOC(=O)CCC(C)=CCc1c(NC(N)=O)c2c(c(C)c1OC)COC2=O. The van der Waals surface area contributed by atoms with E-state index in [1.165, 1.54) is 7.11 Å². The maximum atomic E-state index is 12.3. The van der Waals surface area contributed by atoms with Crippen molar-refractivity contribution >= 4 is 23.7 Å². The zero-order valence-electron chi connectivity index (χ0n) is 17.3. The molecule has 3 N–H and O–H groups in total. The van der Waals surface area contributed by atoms with E-state index >= 15 is 0 Å². The van der Waals surface area contributed by atoms with E-state index in [9.17, 15) is 14.4 Å². The Morgan fingerprint density at radius 2 is 2.03 bits per heavy atom. The molecule has 8 nitrogen and oxygen atoms in total. The normalized spacial score (nSPS) is 13.0. The third-order valence-corrected chi connectivity index (χ3v) is 4.77. The summed E-state index contributed by atoms with van der Waals surface area (Å²) in [5.41, 5.74) is 9.03. The predicted molar refractivity (Wildman–Crippen MR) is 108 cm³/mol. The fourth-order valence-electron chi connectivity index (χ4n) is 3.28. The molecule has 2 amide bonds. The average Bonchev–Trinajstić information content (AvgIpc) is 3.07. The van der Waals surface area contributed by atoms with Crippen LogP contribution in [0.25, 0.3) is 0 Å². The molecule has 0 saturated heterocycles. The second-order valence-corrected chi connectivity index (χ2v) is 6.91. The summed E-state index contributed by atoms with van der Waals surface area (Å²) in [4.78, 5) is 35.5. The van der Waals surface area contributed by atoms with E-state index in [1.807, 2.05) is 26.8 Å². The van der Waals surface area contributed by atoms with Crippen molar-refractivity contribution in [1.82, 2.24) is 0 Å². The summed E-state index contributed by atoms with van der Waals surface area (Å²) >= 11 is 0. The highest BCUT2D eigenvalue weighted by molar-refractivity contribution is 6.05. The van der Waals surface area contributed by atoms with Crippen molar-refractivity contribution in [2.24, 2.45) is 5.73 Å². The quantitative estimate of drug-likeness (QED) is 0.481. The van der Waals surface area contributed by atoms with Crippen LogP contribution >= 0.6 is 0 Å². The summed E-state index contributed by atoms with van der Waals surface area (Å²) in [6, 6.07) is -0.779. The van der Waals surface area contributed by atoms with Gasteiger partial charge in [-0.15, -0.1) is 0 Å². The smallest absolute Gasteiger partial charge is 0.341 e. The number of hydrogen-bond acceptors (Lipinski definition) is 6. The number of methoxy groups -OCH3 is 1. The first-order valence-corrected chi connectivity index (χ1v) is 9.57. The fraction of sp³-hybridized carbons (Fsp3) is 0.476. The summed E-state index contributed by atoms with van der Waals surface area (Å²) in [6.45, 7) is 6.24. The van der Waals surface area contributed by atoms with Crippen molar-refractivity contribution in [3.8, 4) is 5.75 Å². The molecule has 29 heavy (non-hydrogen) atoms. The lowest BCUT2D eigenvalue weighted by Gasteiger charge is -2.19. The number of carbonyl (C=O) groups is 3. The summed E-state index contributed by atoms with van der Waals surface area (Å²) in [5, 5.41) is 2.56. The van der Waals surface area contributed by atoms with E-state index in [0.29, 0.717) is 54.0 Å². The first kappa shape index (κ1) is 22.3. The Labute approximate surface area is 170 Å². The number of esters is 2. The maximum absolute atomic E-state index is 12.3. The largest absolute Gasteiger partial charge is 0.496 e. The number of fused-ring (bicyclic) bond motifs is 1. The molecular weight excluding hydrogens is 376 g/mol. The molecule has 0 radical (unpaired) electrons. The van der Waals surface area contributed by atoms with Crippen LogP contribution in [0.5, 0.6) is 5.75 Å². The Kier molecular flexibility index (Phi) is 7.64. The highest BCUT2D eigenvalue weighted by Crippen LogP contribution is 2.41. The Bertz CT molecular complexity index is 844. The number of nitrogens with one attached hydrogen (secondary N) is 1. The van der Waals surface area contributed by atoms with Gasteiger partial charge in [-0.1, -0.05) is 18.6 Å².